The topological polar surface area (TPSA) is 51.2 Å². The SMILES string of the molecule is CCC(=O)C(C)C(=O)/C(C)=C/C(C)=C/C(C)/C=C(\C)C(=O)[C@@H](C)C[C@@H](C)CC. The van der Waals surface area contributed by atoms with Crippen molar-refractivity contribution in [3.05, 3.63) is 34.9 Å². The summed E-state index contributed by atoms with van der Waals surface area (Å²) in [7, 11) is 0. The summed E-state index contributed by atoms with van der Waals surface area (Å²) < 4.78 is 0. The lowest BCUT2D eigenvalue weighted by atomic mass is 9.88. The van der Waals surface area contributed by atoms with Crippen LogP contribution in [-0.4, -0.2) is 17.3 Å². The molecule has 3 heteroatoms. The Bertz CT molecular complexity index is 649. The minimum atomic E-state index is -0.585. The molecule has 4 atom stereocenters. The van der Waals surface area contributed by atoms with Gasteiger partial charge in [0.15, 0.2) is 11.6 Å². The summed E-state index contributed by atoms with van der Waals surface area (Å²) in [6.07, 6.45) is 8.24. The van der Waals surface area contributed by atoms with Gasteiger partial charge in [0.2, 0.25) is 0 Å². The van der Waals surface area contributed by atoms with Crippen LogP contribution >= 0.6 is 0 Å². The molecule has 0 saturated heterocycles. The van der Waals surface area contributed by atoms with E-state index in [1.165, 1.54) is 0 Å². The Balaban J connectivity index is 5.14. The van der Waals surface area contributed by atoms with E-state index in [9.17, 15) is 14.4 Å². The first-order valence-electron chi connectivity index (χ1n) is 10.6. The van der Waals surface area contributed by atoms with Gasteiger partial charge in [-0.25, -0.2) is 0 Å². The standard InChI is InChI=1S/C25H40O3/c1-10-16(3)13-19(6)24(27)20(7)14-17(4)12-18(5)15-21(8)25(28)22(9)23(26)11-2/h12,14-17,19,22H,10-11,13H2,1-9H3/b18-12+,20-14+,21-15+/t16-,17?,19-,22?/m0/s1. The van der Waals surface area contributed by atoms with Gasteiger partial charge in [-0.2, -0.15) is 0 Å². The van der Waals surface area contributed by atoms with Crippen LogP contribution < -0.4 is 0 Å². The minimum Gasteiger partial charge on any atom is -0.299 e. The van der Waals surface area contributed by atoms with Gasteiger partial charge in [-0.3, -0.25) is 14.4 Å². The fourth-order valence-electron chi connectivity index (χ4n) is 3.46. The zero-order chi connectivity index (χ0) is 22.0. The summed E-state index contributed by atoms with van der Waals surface area (Å²) in [6, 6.07) is 0. The van der Waals surface area contributed by atoms with Crippen molar-refractivity contribution in [1.82, 2.24) is 0 Å². The highest BCUT2D eigenvalue weighted by Gasteiger charge is 2.21. The quantitative estimate of drug-likeness (QED) is 0.224. The van der Waals surface area contributed by atoms with Crippen LogP contribution in [0.25, 0.3) is 0 Å². The first kappa shape index (κ1) is 26.2. The predicted octanol–water partition coefficient (Wildman–Crippen LogP) is 6.29. The smallest absolute Gasteiger partial charge is 0.168 e. The van der Waals surface area contributed by atoms with Gasteiger partial charge in [-0.15, -0.1) is 0 Å². The number of Topliss-reactive ketones (excluding diaryl/α,β-unsaturated/α-hetero) is 3. The average molecular weight is 389 g/mol. The van der Waals surface area contributed by atoms with Crippen molar-refractivity contribution in [1.29, 1.82) is 0 Å². The van der Waals surface area contributed by atoms with Gasteiger partial charge in [0.1, 0.15) is 5.78 Å². The van der Waals surface area contributed by atoms with E-state index >= 15 is 0 Å². The lowest BCUT2D eigenvalue weighted by molar-refractivity contribution is -0.129. The molecule has 0 heterocycles. The van der Waals surface area contributed by atoms with Crippen molar-refractivity contribution in [2.24, 2.45) is 23.7 Å². The molecule has 0 aliphatic carbocycles. The van der Waals surface area contributed by atoms with Crippen molar-refractivity contribution < 1.29 is 14.4 Å². The average Bonchev–Trinajstić information content (AvgIpc) is 2.64. The number of hydrogen-bond acceptors (Lipinski definition) is 3. The second-order valence-electron chi connectivity index (χ2n) is 8.37. The number of carbonyl (C=O) groups excluding carboxylic acids is 3. The summed E-state index contributed by atoms with van der Waals surface area (Å²) in [4.78, 5) is 36.7. The van der Waals surface area contributed by atoms with Crippen molar-refractivity contribution in [3.63, 3.8) is 0 Å². The van der Waals surface area contributed by atoms with E-state index in [0.29, 0.717) is 17.9 Å². The molecule has 0 aliphatic heterocycles. The van der Waals surface area contributed by atoms with Gasteiger partial charge < -0.3 is 0 Å². The van der Waals surface area contributed by atoms with Crippen LogP contribution in [0.2, 0.25) is 0 Å². The molecule has 0 saturated carbocycles. The van der Waals surface area contributed by atoms with E-state index in [1.54, 1.807) is 20.8 Å². The molecule has 0 aromatic carbocycles. The Hall–Kier alpha value is -1.77. The molecule has 0 N–H and O–H groups in total. The molecule has 28 heavy (non-hydrogen) atoms. The monoisotopic (exact) mass is 388 g/mol. The summed E-state index contributed by atoms with van der Waals surface area (Å²) >= 11 is 0. The molecule has 0 bridgehead atoms. The summed E-state index contributed by atoms with van der Waals surface area (Å²) in [6.45, 7) is 17.4. The van der Waals surface area contributed by atoms with E-state index in [-0.39, 0.29) is 29.2 Å². The van der Waals surface area contributed by atoms with Crippen molar-refractivity contribution in [3.8, 4) is 0 Å². The molecule has 0 aliphatic rings. The van der Waals surface area contributed by atoms with Crippen LogP contribution in [0.4, 0.5) is 0 Å². The van der Waals surface area contributed by atoms with Gasteiger partial charge in [0.25, 0.3) is 0 Å². The Morgan fingerprint density at radius 2 is 1.39 bits per heavy atom. The van der Waals surface area contributed by atoms with E-state index in [4.69, 9.17) is 0 Å². The van der Waals surface area contributed by atoms with Crippen LogP contribution in [0.3, 0.4) is 0 Å². The minimum absolute atomic E-state index is 0.0312. The zero-order valence-corrected chi connectivity index (χ0v) is 19.4. The number of rotatable bonds is 12. The first-order valence-corrected chi connectivity index (χ1v) is 10.6. The van der Waals surface area contributed by atoms with E-state index < -0.39 is 5.92 Å². The van der Waals surface area contributed by atoms with Crippen molar-refractivity contribution in [2.45, 2.75) is 81.6 Å². The molecular weight excluding hydrogens is 348 g/mol. The first-order chi connectivity index (χ1) is 12.9. The number of carbonyl (C=O) groups is 3. The van der Waals surface area contributed by atoms with Crippen molar-refractivity contribution in [2.75, 3.05) is 0 Å². The van der Waals surface area contributed by atoms with Crippen LogP contribution in [0, 0.1) is 23.7 Å². The maximum atomic E-state index is 12.6. The van der Waals surface area contributed by atoms with Crippen molar-refractivity contribution >= 4 is 17.3 Å². The Morgan fingerprint density at radius 3 is 1.89 bits per heavy atom. The third-order valence-corrected chi connectivity index (χ3v) is 5.39. The molecule has 0 radical (unpaired) electrons. The molecule has 0 aromatic rings. The van der Waals surface area contributed by atoms with Gasteiger partial charge in [-0.1, -0.05) is 64.8 Å². The van der Waals surface area contributed by atoms with Crippen LogP contribution in [-0.2, 0) is 14.4 Å². The molecule has 0 rings (SSSR count). The van der Waals surface area contributed by atoms with Crippen LogP contribution in [0.5, 0.6) is 0 Å². The van der Waals surface area contributed by atoms with E-state index in [0.717, 1.165) is 24.0 Å². The Labute approximate surface area is 172 Å². The third kappa shape index (κ3) is 8.95. The number of ketones is 3. The highest BCUT2D eigenvalue weighted by atomic mass is 16.2. The summed E-state index contributed by atoms with van der Waals surface area (Å²) in [5, 5.41) is 0. The molecule has 0 fully saturated rings. The lowest BCUT2D eigenvalue weighted by Gasteiger charge is -2.15. The fourth-order valence-corrected chi connectivity index (χ4v) is 3.46. The molecule has 0 amide bonds. The normalized spacial score (nSPS) is 17.7. The lowest BCUT2D eigenvalue weighted by Crippen LogP contribution is -2.21. The highest BCUT2D eigenvalue weighted by molar-refractivity contribution is 6.09. The molecule has 158 valence electrons. The number of allylic oxidation sites excluding steroid dienone is 6. The Kier molecular flexibility index (Phi) is 11.8. The van der Waals surface area contributed by atoms with Crippen LogP contribution in [0.15, 0.2) is 34.9 Å². The zero-order valence-electron chi connectivity index (χ0n) is 19.4. The molecule has 2 unspecified atom stereocenters. The molecule has 0 aromatic heterocycles. The predicted molar refractivity (Wildman–Crippen MR) is 118 cm³/mol. The molecular formula is C25H40O3. The maximum absolute atomic E-state index is 12.6. The Morgan fingerprint density at radius 1 is 0.821 bits per heavy atom. The second kappa shape index (κ2) is 12.6. The summed E-state index contributed by atoms with van der Waals surface area (Å²) in [5.41, 5.74) is 2.35. The van der Waals surface area contributed by atoms with Gasteiger partial charge in [-0.05, 0) is 57.1 Å². The largest absolute Gasteiger partial charge is 0.299 e. The van der Waals surface area contributed by atoms with Gasteiger partial charge in [0, 0.05) is 12.3 Å². The van der Waals surface area contributed by atoms with Gasteiger partial charge in [0.05, 0.1) is 5.92 Å². The van der Waals surface area contributed by atoms with E-state index in [2.05, 4.69) is 13.8 Å². The maximum Gasteiger partial charge on any atom is 0.168 e. The molecule has 3 nitrogen and oxygen atoms in total. The number of hydrogen-bond donors (Lipinski definition) is 0. The third-order valence-electron chi connectivity index (χ3n) is 5.39. The fraction of sp³-hybridized carbons (Fsp3) is 0.640. The summed E-state index contributed by atoms with van der Waals surface area (Å²) in [5.74, 6) is 0.169. The van der Waals surface area contributed by atoms with Gasteiger partial charge >= 0.3 is 0 Å². The van der Waals surface area contributed by atoms with Crippen LogP contribution in [0.1, 0.15) is 81.6 Å². The van der Waals surface area contributed by atoms with E-state index in [1.807, 2.05) is 45.9 Å². The second-order valence-corrected chi connectivity index (χ2v) is 8.37. The molecule has 0 spiro atoms. The highest BCUT2D eigenvalue weighted by Crippen LogP contribution is 2.20.